The van der Waals surface area contributed by atoms with E-state index in [4.69, 9.17) is 0 Å². The van der Waals surface area contributed by atoms with Crippen molar-refractivity contribution >= 4 is 5.78 Å². The maximum atomic E-state index is 13.7. The Morgan fingerprint density at radius 1 is 1.19 bits per heavy atom. The summed E-state index contributed by atoms with van der Waals surface area (Å²) >= 11 is 0. The molecule has 0 saturated heterocycles. The van der Waals surface area contributed by atoms with E-state index in [1.54, 1.807) is 53.6 Å². The Balaban J connectivity index is 1.81. The van der Waals surface area contributed by atoms with E-state index in [1.807, 2.05) is 0 Å². The van der Waals surface area contributed by atoms with E-state index in [0.717, 1.165) is 0 Å². The number of imidazole rings is 1. The van der Waals surface area contributed by atoms with Crippen molar-refractivity contribution in [2.24, 2.45) is 0 Å². The molecule has 0 aliphatic rings. The number of halogens is 1. The van der Waals surface area contributed by atoms with Crippen LogP contribution >= 0.6 is 0 Å². The molecule has 1 aromatic carbocycles. The molecule has 0 atom stereocenters. The number of aromatic nitrogens is 3. The molecule has 0 unspecified atom stereocenters. The van der Waals surface area contributed by atoms with Crippen molar-refractivity contribution in [3.63, 3.8) is 0 Å². The topological polar surface area (TPSA) is 47.8 Å². The highest BCUT2D eigenvalue weighted by Crippen LogP contribution is 2.21. The number of pyridine rings is 1. The van der Waals surface area contributed by atoms with Gasteiger partial charge in [-0.05, 0) is 12.1 Å². The van der Waals surface area contributed by atoms with E-state index >= 15 is 0 Å². The van der Waals surface area contributed by atoms with Crippen LogP contribution in [0.1, 0.15) is 10.5 Å². The van der Waals surface area contributed by atoms with Crippen molar-refractivity contribution in [2.75, 3.05) is 0 Å². The fraction of sp³-hybridized carbons (Fsp3) is 0.0625. The Morgan fingerprint density at radius 3 is 2.71 bits per heavy atom. The van der Waals surface area contributed by atoms with Gasteiger partial charge in [0.05, 0.1) is 12.9 Å². The standard InChI is InChI=1S/C16H12FN3O/c17-14-4-2-1-3-13(14)12-5-6-15(19-9-12)16(21)10-20-8-7-18-11-20/h1-9,11H,10H2. The van der Waals surface area contributed by atoms with Crippen molar-refractivity contribution in [3.8, 4) is 11.1 Å². The molecule has 0 radical (unpaired) electrons. The number of hydrogen-bond donors (Lipinski definition) is 0. The number of carbonyl (C=O) groups is 1. The van der Waals surface area contributed by atoms with Gasteiger partial charge in [0, 0.05) is 29.7 Å². The summed E-state index contributed by atoms with van der Waals surface area (Å²) in [5, 5.41) is 0. The van der Waals surface area contributed by atoms with E-state index < -0.39 is 0 Å². The number of nitrogens with zero attached hydrogens (tertiary/aromatic N) is 3. The van der Waals surface area contributed by atoms with E-state index in [0.29, 0.717) is 16.8 Å². The molecule has 3 aromatic rings. The lowest BCUT2D eigenvalue weighted by atomic mass is 10.1. The minimum absolute atomic E-state index is 0.118. The number of benzene rings is 1. The third-order valence-corrected chi connectivity index (χ3v) is 3.12. The van der Waals surface area contributed by atoms with Crippen LogP contribution in [-0.2, 0) is 6.54 Å². The first kappa shape index (κ1) is 13.2. The van der Waals surface area contributed by atoms with Gasteiger partial charge in [0.25, 0.3) is 0 Å². The second-order valence-corrected chi connectivity index (χ2v) is 4.57. The maximum absolute atomic E-state index is 13.7. The molecular weight excluding hydrogens is 269 g/mol. The van der Waals surface area contributed by atoms with E-state index in [9.17, 15) is 9.18 Å². The van der Waals surface area contributed by atoms with Crippen LogP contribution in [0.25, 0.3) is 11.1 Å². The van der Waals surface area contributed by atoms with Gasteiger partial charge in [-0.15, -0.1) is 0 Å². The third-order valence-electron chi connectivity index (χ3n) is 3.12. The fourth-order valence-electron chi connectivity index (χ4n) is 2.04. The van der Waals surface area contributed by atoms with Gasteiger partial charge in [-0.3, -0.25) is 9.78 Å². The Kier molecular flexibility index (Phi) is 3.55. The first-order valence-corrected chi connectivity index (χ1v) is 6.44. The van der Waals surface area contributed by atoms with Gasteiger partial charge in [-0.1, -0.05) is 24.3 Å². The van der Waals surface area contributed by atoms with Crippen molar-refractivity contribution in [2.45, 2.75) is 6.54 Å². The van der Waals surface area contributed by atoms with E-state index in [2.05, 4.69) is 9.97 Å². The average molecular weight is 281 g/mol. The minimum atomic E-state index is -0.309. The lowest BCUT2D eigenvalue weighted by molar-refractivity contribution is 0.0967. The van der Waals surface area contributed by atoms with Gasteiger partial charge >= 0.3 is 0 Å². The molecule has 0 aliphatic heterocycles. The second kappa shape index (κ2) is 5.66. The third kappa shape index (κ3) is 2.86. The minimum Gasteiger partial charge on any atom is -0.330 e. The average Bonchev–Trinajstić information content (AvgIpc) is 3.01. The maximum Gasteiger partial charge on any atom is 0.200 e. The van der Waals surface area contributed by atoms with E-state index in [-0.39, 0.29) is 18.1 Å². The molecule has 0 bridgehead atoms. The largest absolute Gasteiger partial charge is 0.330 e. The smallest absolute Gasteiger partial charge is 0.200 e. The molecule has 0 spiro atoms. The van der Waals surface area contributed by atoms with Gasteiger partial charge in [0.2, 0.25) is 5.78 Å². The van der Waals surface area contributed by atoms with Gasteiger partial charge in [0.1, 0.15) is 11.5 Å². The summed E-state index contributed by atoms with van der Waals surface area (Å²) in [5.74, 6) is -0.426. The highest BCUT2D eigenvalue weighted by Gasteiger charge is 2.10. The molecule has 0 N–H and O–H groups in total. The molecule has 0 fully saturated rings. The number of Topliss-reactive ketones (excluding diaryl/α,β-unsaturated/α-hetero) is 1. The van der Waals surface area contributed by atoms with Crippen LogP contribution in [0, 0.1) is 5.82 Å². The number of carbonyl (C=O) groups excluding carboxylic acids is 1. The molecule has 2 heterocycles. The van der Waals surface area contributed by atoms with Crippen LogP contribution < -0.4 is 0 Å². The Hall–Kier alpha value is -2.82. The molecular formula is C16H12FN3O. The Morgan fingerprint density at radius 2 is 2.05 bits per heavy atom. The summed E-state index contributed by atoms with van der Waals surface area (Å²) in [6.45, 7) is 0.187. The first-order chi connectivity index (χ1) is 10.2. The molecule has 0 amide bonds. The van der Waals surface area contributed by atoms with Crippen LogP contribution in [0.2, 0.25) is 0 Å². The zero-order chi connectivity index (χ0) is 14.7. The number of rotatable bonds is 4. The predicted octanol–water partition coefficient (Wildman–Crippen LogP) is 2.97. The molecule has 0 saturated carbocycles. The summed E-state index contributed by atoms with van der Waals surface area (Å²) in [5.41, 5.74) is 1.47. The second-order valence-electron chi connectivity index (χ2n) is 4.57. The Bertz CT molecular complexity index is 751. The van der Waals surface area contributed by atoms with Crippen molar-refractivity contribution in [1.29, 1.82) is 0 Å². The monoisotopic (exact) mass is 281 g/mol. The normalized spacial score (nSPS) is 10.5. The van der Waals surface area contributed by atoms with Crippen molar-refractivity contribution in [1.82, 2.24) is 14.5 Å². The summed E-state index contributed by atoms with van der Waals surface area (Å²) in [6.07, 6.45) is 6.42. The molecule has 5 heteroatoms. The zero-order valence-electron chi connectivity index (χ0n) is 11.1. The van der Waals surface area contributed by atoms with Crippen LogP contribution in [0.4, 0.5) is 4.39 Å². The summed E-state index contributed by atoms with van der Waals surface area (Å²) in [6, 6.07) is 9.78. The number of ketones is 1. The molecule has 21 heavy (non-hydrogen) atoms. The van der Waals surface area contributed by atoms with Gasteiger partial charge in [-0.25, -0.2) is 9.37 Å². The van der Waals surface area contributed by atoms with Crippen molar-refractivity contribution < 1.29 is 9.18 Å². The lowest BCUT2D eigenvalue weighted by Crippen LogP contribution is -2.10. The van der Waals surface area contributed by atoms with Crippen LogP contribution in [0.5, 0.6) is 0 Å². The predicted molar refractivity (Wildman–Crippen MR) is 76.2 cm³/mol. The molecule has 2 aromatic heterocycles. The molecule has 4 nitrogen and oxygen atoms in total. The van der Waals surface area contributed by atoms with E-state index in [1.165, 1.54) is 12.3 Å². The fourth-order valence-corrected chi connectivity index (χ4v) is 2.04. The highest BCUT2D eigenvalue weighted by molar-refractivity contribution is 5.94. The van der Waals surface area contributed by atoms with Gasteiger partial charge in [-0.2, -0.15) is 0 Å². The summed E-state index contributed by atoms with van der Waals surface area (Å²) in [7, 11) is 0. The van der Waals surface area contributed by atoms with Crippen molar-refractivity contribution in [3.05, 3.63) is 72.8 Å². The lowest BCUT2D eigenvalue weighted by Gasteiger charge is -2.05. The summed E-state index contributed by atoms with van der Waals surface area (Å²) in [4.78, 5) is 20.0. The number of hydrogen-bond acceptors (Lipinski definition) is 3. The molecule has 0 aliphatic carbocycles. The van der Waals surface area contributed by atoms with Gasteiger partial charge in [0.15, 0.2) is 0 Å². The quantitative estimate of drug-likeness (QED) is 0.691. The summed E-state index contributed by atoms with van der Waals surface area (Å²) < 4.78 is 15.4. The Labute approximate surface area is 120 Å². The molecule has 104 valence electrons. The zero-order valence-corrected chi connectivity index (χ0v) is 11.1. The van der Waals surface area contributed by atoms with Crippen LogP contribution in [0.15, 0.2) is 61.3 Å². The highest BCUT2D eigenvalue weighted by atomic mass is 19.1. The molecule has 3 rings (SSSR count). The first-order valence-electron chi connectivity index (χ1n) is 6.44. The van der Waals surface area contributed by atoms with Gasteiger partial charge < -0.3 is 4.57 Å². The SMILES string of the molecule is O=C(Cn1ccnc1)c1ccc(-c2ccccc2F)cn1. The van der Waals surface area contributed by atoms with Crippen LogP contribution in [0.3, 0.4) is 0 Å². The van der Waals surface area contributed by atoms with Crippen LogP contribution in [-0.4, -0.2) is 20.3 Å².